The van der Waals surface area contributed by atoms with Crippen LogP contribution in [0.15, 0.2) is 67.0 Å². The van der Waals surface area contributed by atoms with E-state index in [2.05, 4.69) is 9.97 Å². The number of para-hydroxylation sites is 1. The molecule has 0 saturated heterocycles. The number of pyridine rings is 1. The van der Waals surface area contributed by atoms with Crippen molar-refractivity contribution < 1.29 is 9.18 Å². The summed E-state index contributed by atoms with van der Waals surface area (Å²) in [5.41, 5.74) is 2.22. The van der Waals surface area contributed by atoms with Gasteiger partial charge in [0.15, 0.2) is 5.13 Å². The van der Waals surface area contributed by atoms with Crippen LogP contribution in [0.25, 0.3) is 10.2 Å². The van der Waals surface area contributed by atoms with Gasteiger partial charge >= 0.3 is 0 Å². The highest BCUT2D eigenvalue weighted by molar-refractivity contribution is 7.22. The van der Waals surface area contributed by atoms with Crippen molar-refractivity contribution in [3.05, 3.63) is 83.9 Å². The summed E-state index contributed by atoms with van der Waals surface area (Å²) in [4.78, 5) is 23.1. The van der Waals surface area contributed by atoms with Crippen molar-refractivity contribution in [3.8, 4) is 0 Å². The third-order valence-corrected chi connectivity index (χ3v) is 5.04. The molecule has 4 aromatic rings. The molecule has 0 aliphatic carbocycles. The Morgan fingerprint density at radius 1 is 1.08 bits per heavy atom. The standard InChI is InChI=1S/C20H14FN3OS/c1-13-6-7-15(12-16(13)21)24(19(25)14-8-10-22-11-9-14)20-23-17-4-2-3-5-18(17)26-20/h2-12H,1H3. The Balaban J connectivity index is 1.88. The Hall–Kier alpha value is -3.12. The number of rotatable bonds is 3. The van der Waals surface area contributed by atoms with Crippen molar-refractivity contribution >= 4 is 38.3 Å². The maximum Gasteiger partial charge on any atom is 0.264 e. The smallest absolute Gasteiger partial charge is 0.264 e. The maximum atomic E-state index is 14.2. The number of carbonyl (C=O) groups is 1. The van der Waals surface area contributed by atoms with Crippen molar-refractivity contribution in [2.45, 2.75) is 6.92 Å². The Labute approximate surface area is 153 Å². The van der Waals surface area contributed by atoms with Gasteiger partial charge in [0.25, 0.3) is 5.91 Å². The molecule has 0 N–H and O–H groups in total. The van der Waals surface area contributed by atoms with Gasteiger partial charge in [-0.1, -0.05) is 29.5 Å². The van der Waals surface area contributed by atoms with Crippen LogP contribution in [0.4, 0.5) is 15.2 Å². The Morgan fingerprint density at radius 3 is 2.58 bits per heavy atom. The molecule has 0 spiro atoms. The van der Waals surface area contributed by atoms with Crippen molar-refractivity contribution in [2.75, 3.05) is 4.90 Å². The predicted octanol–water partition coefficient (Wildman–Crippen LogP) is 5.12. The summed E-state index contributed by atoms with van der Waals surface area (Å²) in [5, 5.41) is 0.497. The van der Waals surface area contributed by atoms with Crippen LogP contribution in [0.2, 0.25) is 0 Å². The summed E-state index contributed by atoms with van der Waals surface area (Å²) in [6.07, 6.45) is 3.11. The number of aryl methyl sites for hydroxylation is 1. The largest absolute Gasteiger partial charge is 0.268 e. The van der Waals surface area contributed by atoms with Gasteiger partial charge in [-0.2, -0.15) is 0 Å². The first-order valence-corrected chi connectivity index (χ1v) is 8.81. The van der Waals surface area contributed by atoms with Crippen molar-refractivity contribution in [1.82, 2.24) is 9.97 Å². The van der Waals surface area contributed by atoms with Gasteiger partial charge in [0.05, 0.1) is 15.9 Å². The lowest BCUT2D eigenvalue weighted by atomic mass is 10.2. The third kappa shape index (κ3) is 2.95. The molecule has 0 unspecified atom stereocenters. The second-order valence-corrected chi connectivity index (χ2v) is 6.78. The maximum absolute atomic E-state index is 14.2. The highest BCUT2D eigenvalue weighted by Gasteiger charge is 2.23. The number of thiazole rings is 1. The summed E-state index contributed by atoms with van der Waals surface area (Å²) < 4.78 is 15.1. The van der Waals surface area contributed by atoms with Crippen LogP contribution in [0, 0.1) is 12.7 Å². The van der Waals surface area contributed by atoms with E-state index < -0.39 is 0 Å². The molecule has 128 valence electrons. The molecule has 2 heterocycles. The van der Waals surface area contributed by atoms with E-state index in [9.17, 15) is 9.18 Å². The number of hydrogen-bond donors (Lipinski definition) is 0. The summed E-state index contributed by atoms with van der Waals surface area (Å²) in [5.74, 6) is -0.647. The molecule has 4 nitrogen and oxygen atoms in total. The molecule has 2 aromatic heterocycles. The molecular weight excluding hydrogens is 349 g/mol. The SMILES string of the molecule is Cc1ccc(N(C(=O)c2ccncc2)c2nc3ccccc3s2)cc1F. The van der Waals surface area contributed by atoms with Gasteiger partial charge in [-0.15, -0.1) is 0 Å². The van der Waals surface area contributed by atoms with E-state index >= 15 is 0 Å². The van der Waals surface area contributed by atoms with Gasteiger partial charge in [0.1, 0.15) is 5.82 Å². The first kappa shape index (κ1) is 16.4. The van der Waals surface area contributed by atoms with Crippen LogP contribution in [0.1, 0.15) is 15.9 Å². The molecule has 4 rings (SSSR count). The van der Waals surface area contributed by atoms with Crippen molar-refractivity contribution in [1.29, 1.82) is 0 Å². The van der Waals surface area contributed by atoms with Crippen molar-refractivity contribution in [3.63, 3.8) is 0 Å². The zero-order valence-corrected chi connectivity index (χ0v) is 14.7. The number of fused-ring (bicyclic) bond motifs is 1. The Bertz CT molecular complexity index is 1060. The number of aromatic nitrogens is 2. The molecule has 0 aliphatic rings. The van der Waals surface area contributed by atoms with Gasteiger partial charge in [0.2, 0.25) is 0 Å². The minimum absolute atomic E-state index is 0.283. The first-order valence-electron chi connectivity index (χ1n) is 8.00. The lowest BCUT2D eigenvalue weighted by molar-refractivity contribution is 0.0999. The zero-order chi connectivity index (χ0) is 18.1. The molecule has 0 aliphatic heterocycles. The molecule has 0 radical (unpaired) electrons. The predicted molar refractivity (Wildman–Crippen MR) is 101 cm³/mol. The molecule has 26 heavy (non-hydrogen) atoms. The molecule has 0 saturated carbocycles. The monoisotopic (exact) mass is 363 g/mol. The lowest BCUT2D eigenvalue weighted by Crippen LogP contribution is -2.26. The Kier molecular flexibility index (Phi) is 4.18. The van der Waals surface area contributed by atoms with Crippen LogP contribution in [-0.2, 0) is 0 Å². The third-order valence-electron chi connectivity index (χ3n) is 4.02. The number of benzene rings is 2. The van der Waals surface area contributed by atoms with Crippen LogP contribution >= 0.6 is 11.3 Å². The lowest BCUT2D eigenvalue weighted by Gasteiger charge is -2.20. The van der Waals surface area contributed by atoms with Crippen LogP contribution in [-0.4, -0.2) is 15.9 Å². The normalized spacial score (nSPS) is 10.8. The summed E-state index contributed by atoms with van der Waals surface area (Å²) in [6.45, 7) is 1.69. The van der Waals surface area contributed by atoms with Gasteiger partial charge < -0.3 is 0 Å². The van der Waals surface area contributed by atoms with Crippen LogP contribution in [0.3, 0.4) is 0 Å². The van der Waals surface area contributed by atoms with E-state index in [0.717, 1.165) is 10.2 Å². The minimum atomic E-state index is -0.365. The van der Waals surface area contributed by atoms with Gasteiger partial charge in [-0.25, -0.2) is 9.37 Å². The van der Waals surface area contributed by atoms with Crippen LogP contribution in [0.5, 0.6) is 0 Å². The molecule has 0 bridgehead atoms. The molecule has 1 amide bonds. The van der Waals surface area contributed by atoms with E-state index in [0.29, 0.717) is 21.9 Å². The highest BCUT2D eigenvalue weighted by Crippen LogP contribution is 2.35. The number of hydrogen-bond acceptors (Lipinski definition) is 4. The summed E-state index contributed by atoms with van der Waals surface area (Å²) in [6, 6.07) is 15.7. The topological polar surface area (TPSA) is 46.1 Å². The van der Waals surface area contributed by atoms with E-state index in [-0.39, 0.29) is 11.7 Å². The fourth-order valence-corrected chi connectivity index (χ4v) is 3.60. The average molecular weight is 363 g/mol. The second-order valence-electron chi connectivity index (χ2n) is 5.77. The quantitative estimate of drug-likeness (QED) is 0.508. The van der Waals surface area contributed by atoms with Gasteiger partial charge in [-0.3, -0.25) is 14.7 Å². The van der Waals surface area contributed by atoms with Crippen molar-refractivity contribution in [2.24, 2.45) is 0 Å². The van der Waals surface area contributed by atoms with E-state index in [1.807, 2.05) is 24.3 Å². The summed E-state index contributed by atoms with van der Waals surface area (Å²) >= 11 is 1.39. The highest BCUT2D eigenvalue weighted by atomic mass is 32.1. The van der Waals surface area contributed by atoms with Gasteiger partial charge in [0, 0.05) is 18.0 Å². The number of amides is 1. The van der Waals surface area contributed by atoms with Crippen LogP contribution < -0.4 is 4.90 Å². The molecule has 0 fully saturated rings. The Morgan fingerprint density at radius 2 is 1.85 bits per heavy atom. The van der Waals surface area contributed by atoms with Gasteiger partial charge in [-0.05, 0) is 48.9 Å². The number of anilines is 2. The molecule has 2 aromatic carbocycles. The minimum Gasteiger partial charge on any atom is -0.268 e. The van der Waals surface area contributed by atoms with E-state index in [4.69, 9.17) is 0 Å². The number of nitrogens with zero attached hydrogens (tertiary/aromatic N) is 3. The molecule has 0 atom stereocenters. The fraction of sp³-hybridized carbons (Fsp3) is 0.0500. The molecular formula is C20H14FN3OS. The first-order chi connectivity index (χ1) is 12.6. The number of halogens is 1. The summed E-state index contributed by atoms with van der Waals surface area (Å²) in [7, 11) is 0. The average Bonchev–Trinajstić information content (AvgIpc) is 3.09. The molecule has 6 heteroatoms. The van der Waals surface area contributed by atoms with E-state index in [1.54, 1.807) is 43.6 Å². The number of carbonyl (C=O) groups excluding carboxylic acids is 1. The zero-order valence-electron chi connectivity index (χ0n) is 13.9. The fourth-order valence-electron chi connectivity index (χ4n) is 2.61. The van der Waals surface area contributed by atoms with E-state index in [1.165, 1.54) is 22.3 Å². The second kappa shape index (κ2) is 6.65.